The molecule has 4 rings (SSSR count). The van der Waals surface area contributed by atoms with Crippen molar-refractivity contribution in [1.29, 1.82) is 5.26 Å². The second-order valence-corrected chi connectivity index (χ2v) is 9.16. The minimum absolute atomic E-state index is 0.142. The number of nitrogens with one attached hydrogen (secondary N) is 1. The van der Waals surface area contributed by atoms with E-state index in [0.29, 0.717) is 43.6 Å². The van der Waals surface area contributed by atoms with Crippen LogP contribution in [-0.4, -0.2) is 50.2 Å². The van der Waals surface area contributed by atoms with Gasteiger partial charge in [-0.2, -0.15) is 5.26 Å². The predicted molar refractivity (Wildman–Crippen MR) is 121 cm³/mol. The van der Waals surface area contributed by atoms with Crippen molar-refractivity contribution in [2.45, 2.75) is 38.1 Å². The summed E-state index contributed by atoms with van der Waals surface area (Å²) in [6, 6.07) is 14.5. The Bertz CT molecular complexity index is 985. The van der Waals surface area contributed by atoms with Crippen LogP contribution >= 0.6 is 0 Å². The summed E-state index contributed by atoms with van der Waals surface area (Å²) >= 11 is 0. The van der Waals surface area contributed by atoms with Crippen molar-refractivity contribution in [1.82, 2.24) is 10.2 Å². The lowest BCUT2D eigenvalue weighted by molar-refractivity contribution is -0.137. The number of nitrogens with zero attached hydrogens (tertiary/aromatic N) is 2. The van der Waals surface area contributed by atoms with Gasteiger partial charge in [0.2, 0.25) is 5.91 Å². The van der Waals surface area contributed by atoms with Gasteiger partial charge in [-0.3, -0.25) is 4.79 Å². The van der Waals surface area contributed by atoms with Crippen molar-refractivity contribution in [2.24, 2.45) is 5.41 Å². The van der Waals surface area contributed by atoms with Crippen LogP contribution in [0.15, 0.2) is 42.5 Å². The highest BCUT2D eigenvalue weighted by Gasteiger charge is 2.41. The first-order valence-corrected chi connectivity index (χ1v) is 11.3. The van der Waals surface area contributed by atoms with Gasteiger partial charge < -0.3 is 15.0 Å². The molecule has 2 saturated heterocycles. The maximum Gasteiger partial charge on any atom is 0.226 e. The molecule has 0 unspecified atom stereocenters. The molecule has 1 amide bonds. The first kappa shape index (κ1) is 22.4. The van der Waals surface area contributed by atoms with Crippen LogP contribution in [0.4, 0.5) is 4.39 Å². The van der Waals surface area contributed by atoms with Gasteiger partial charge in [0.25, 0.3) is 0 Å². The fourth-order valence-electron chi connectivity index (χ4n) is 4.76. The van der Waals surface area contributed by atoms with E-state index in [9.17, 15) is 9.18 Å². The molecule has 5 nitrogen and oxygen atoms in total. The average Bonchev–Trinajstić information content (AvgIpc) is 2.81. The molecule has 2 aromatic carbocycles. The number of ether oxygens (including phenoxy) is 1. The third-order valence-corrected chi connectivity index (χ3v) is 6.84. The van der Waals surface area contributed by atoms with E-state index in [4.69, 9.17) is 10.00 Å². The van der Waals surface area contributed by atoms with Crippen LogP contribution in [0.1, 0.15) is 36.8 Å². The van der Waals surface area contributed by atoms with Crippen molar-refractivity contribution in [2.75, 3.05) is 33.4 Å². The third kappa shape index (κ3) is 5.17. The molecular weight excluding hydrogens is 405 g/mol. The molecule has 0 aliphatic carbocycles. The van der Waals surface area contributed by atoms with E-state index in [-0.39, 0.29) is 11.9 Å². The molecule has 0 bridgehead atoms. The standard InChI is InChI=1S/C26H30FN3O2/c1-30-10-6-24(7-11-30)29-25(31)26(8-12-32-13-9-26)17-19-2-4-21(5-3-19)22-14-20(18-28)15-23(27)16-22/h2-5,14-16,24H,6-13,17H2,1H3,(H,29,31). The highest BCUT2D eigenvalue weighted by Crippen LogP contribution is 2.36. The van der Waals surface area contributed by atoms with Crippen molar-refractivity contribution in [3.8, 4) is 17.2 Å². The van der Waals surface area contributed by atoms with Crippen LogP contribution in [0.25, 0.3) is 11.1 Å². The smallest absolute Gasteiger partial charge is 0.226 e. The number of piperidine rings is 1. The monoisotopic (exact) mass is 435 g/mol. The van der Waals surface area contributed by atoms with E-state index in [1.165, 1.54) is 12.1 Å². The Morgan fingerprint density at radius 1 is 1.16 bits per heavy atom. The molecule has 2 heterocycles. The van der Waals surface area contributed by atoms with Crippen LogP contribution in [0.2, 0.25) is 0 Å². The summed E-state index contributed by atoms with van der Waals surface area (Å²) in [6.45, 7) is 3.21. The SMILES string of the molecule is CN1CCC(NC(=O)C2(Cc3ccc(-c4cc(F)cc(C#N)c4)cc3)CCOCC2)CC1. The molecular formula is C26H30FN3O2. The summed E-state index contributed by atoms with van der Waals surface area (Å²) < 4.78 is 19.4. The molecule has 2 aromatic rings. The van der Waals surface area contributed by atoms with Crippen LogP contribution in [0, 0.1) is 22.6 Å². The maximum atomic E-state index is 13.8. The first-order chi connectivity index (χ1) is 15.5. The van der Waals surface area contributed by atoms with E-state index in [2.05, 4.69) is 17.3 Å². The van der Waals surface area contributed by atoms with Gasteiger partial charge in [0, 0.05) is 19.3 Å². The highest BCUT2D eigenvalue weighted by atomic mass is 19.1. The van der Waals surface area contributed by atoms with Crippen molar-refractivity contribution in [3.05, 3.63) is 59.4 Å². The molecule has 0 radical (unpaired) electrons. The second-order valence-electron chi connectivity index (χ2n) is 9.16. The summed E-state index contributed by atoms with van der Waals surface area (Å²) in [5.74, 6) is -0.280. The number of nitriles is 1. The van der Waals surface area contributed by atoms with E-state index >= 15 is 0 Å². The number of likely N-dealkylation sites (tertiary alicyclic amines) is 1. The number of halogens is 1. The fraction of sp³-hybridized carbons (Fsp3) is 0.462. The predicted octanol–water partition coefficient (Wildman–Crippen LogP) is 3.91. The lowest BCUT2D eigenvalue weighted by atomic mass is 9.74. The number of amides is 1. The van der Waals surface area contributed by atoms with Gasteiger partial charge in [0.15, 0.2) is 0 Å². The maximum absolute atomic E-state index is 13.8. The van der Waals surface area contributed by atoms with E-state index in [0.717, 1.165) is 37.1 Å². The van der Waals surface area contributed by atoms with Gasteiger partial charge in [-0.05, 0) is 87.1 Å². The molecule has 2 fully saturated rings. The van der Waals surface area contributed by atoms with E-state index in [1.54, 1.807) is 6.07 Å². The van der Waals surface area contributed by atoms with Crippen LogP contribution in [0.5, 0.6) is 0 Å². The Hall–Kier alpha value is -2.75. The number of hydrogen-bond acceptors (Lipinski definition) is 4. The van der Waals surface area contributed by atoms with Crippen LogP contribution < -0.4 is 5.32 Å². The lowest BCUT2D eigenvalue weighted by Crippen LogP contribution is -2.51. The lowest BCUT2D eigenvalue weighted by Gasteiger charge is -2.38. The number of carbonyl (C=O) groups is 1. The molecule has 6 heteroatoms. The van der Waals surface area contributed by atoms with Crippen molar-refractivity contribution >= 4 is 5.91 Å². The molecule has 0 spiro atoms. The molecule has 0 aromatic heterocycles. The zero-order chi connectivity index (χ0) is 22.6. The number of hydrogen-bond donors (Lipinski definition) is 1. The van der Waals surface area contributed by atoms with Gasteiger partial charge in [-0.15, -0.1) is 0 Å². The van der Waals surface area contributed by atoms with Crippen LogP contribution in [0.3, 0.4) is 0 Å². The number of benzene rings is 2. The molecule has 1 N–H and O–H groups in total. The minimum Gasteiger partial charge on any atom is -0.381 e. The highest BCUT2D eigenvalue weighted by molar-refractivity contribution is 5.83. The first-order valence-electron chi connectivity index (χ1n) is 11.3. The van der Waals surface area contributed by atoms with E-state index < -0.39 is 11.2 Å². The second kappa shape index (κ2) is 9.81. The quantitative estimate of drug-likeness (QED) is 0.773. The zero-order valence-electron chi connectivity index (χ0n) is 18.6. The van der Waals surface area contributed by atoms with Crippen LogP contribution in [-0.2, 0) is 16.0 Å². The number of rotatable bonds is 5. The molecule has 0 atom stereocenters. The zero-order valence-corrected chi connectivity index (χ0v) is 18.6. The Morgan fingerprint density at radius 3 is 2.50 bits per heavy atom. The van der Waals surface area contributed by atoms with Crippen molar-refractivity contribution in [3.63, 3.8) is 0 Å². The topological polar surface area (TPSA) is 65.4 Å². The largest absolute Gasteiger partial charge is 0.381 e. The van der Waals surface area contributed by atoms with Crippen molar-refractivity contribution < 1.29 is 13.9 Å². The van der Waals surface area contributed by atoms with Gasteiger partial charge in [-0.1, -0.05) is 24.3 Å². The Labute approximate surface area is 189 Å². The summed E-state index contributed by atoms with van der Waals surface area (Å²) in [4.78, 5) is 15.7. The molecule has 32 heavy (non-hydrogen) atoms. The Morgan fingerprint density at radius 2 is 1.84 bits per heavy atom. The fourth-order valence-corrected chi connectivity index (χ4v) is 4.76. The molecule has 168 valence electrons. The number of carbonyl (C=O) groups excluding carboxylic acids is 1. The summed E-state index contributed by atoms with van der Waals surface area (Å²) in [5, 5.41) is 12.4. The third-order valence-electron chi connectivity index (χ3n) is 6.84. The summed E-state index contributed by atoms with van der Waals surface area (Å²) in [5.41, 5.74) is 2.44. The van der Waals surface area contributed by atoms with Gasteiger partial charge in [-0.25, -0.2) is 4.39 Å². The average molecular weight is 436 g/mol. The minimum atomic E-state index is -0.462. The Balaban J connectivity index is 1.50. The summed E-state index contributed by atoms with van der Waals surface area (Å²) in [7, 11) is 2.12. The molecule has 2 aliphatic heterocycles. The van der Waals surface area contributed by atoms with Gasteiger partial charge in [0.05, 0.1) is 17.0 Å². The normalized spacial score (nSPS) is 19.3. The van der Waals surface area contributed by atoms with E-state index in [1.807, 2.05) is 30.3 Å². The Kier molecular flexibility index (Phi) is 6.88. The summed E-state index contributed by atoms with van der Waals surface area (Å²) in [6.07, 6.45) is 4.05. The van der Waals surface area contributed by atoms with Gasteiger partial charge >= 0.3 is 0 Å². The van der Waals surface area contributed by atoms with Gasteiger partial charge in [0.1, 0.15) is 5.82 Å². The molecule has 0 saturated carbocycles. The molecule has 2 aliphatic rings.